The normalized spacial score (nSPS) is 43.0. The Hall–Kier alpha value is -1.73. The van der Waals surface area contributed by atoms with Gasteiger partial charge in [-0.2, -0.15) is 0 Å². The summed E-state index contributed by atoms with van der Waals surface area (Å²) in [5.41, 5.74) is 1.94. The van der Waals surface area contributed by atoms with Crippen molar-refractivity contribution in [2.75, 3.05) is 26.7 Å². The van der Waals surface area contributed by atoms with Gasteiger partial charge in [0.2, 0.25) is 0 Å². The molecule has 0 aromatic heterocycles. The summed E-state index contributed by atoms with van der Waals surface area (Å²) in [6.07, 6.45) is 13.4. The van der Waals surface area contributed by atoms with E-state index in [1.54, 1.807) is 4.90 Å². The second kappa shape index (κ2) is 10.7. The van der Waals surface area contributed by atoms with Gasteiger partial charge in [0.1, 0.15) is 5.60 Å². The minimum atomic E-state index is -0.492. The van der Waals surface area contributed by atoms with E-state index in [0.29, 0.717) is 42.5 Å². The Morgan fingerprint density at radius 1 is 1.14 bits per heavy atom. The third kappa shape index (κ3) is 5.22. The molecule has 6 rings (SSSR count). The van der Waals surface area contributed by atoms with Gasteiger partial charge in [-0.05, 0) is 122 Å². The van der Waals surface area contributed by atoms with Gasteiger partial charge in [-0.25, -0.2) is 4.79 Å². The third-order valence-electron chi connectivity index (χ3n) is 12.8. The number of aliphatic imine (C=N–C) groups is 1. The minimum Gasteiger partial charge on any atom is -0.444 e. The molecular formula is C36H57N3O4. The molecule has 7 nitrogen and oxygen atoms in total. The number of rotatable bonds is 3. The van der Waals surface area contributed by atoms with E-state index in [4.69, 9.17) is 14.5 Å². The van der Waals surface area contributed by atoms with Gasteiger partial charge in [0.25, 0.3) is 0 Å². The van der Waals surface area contributed by atoms with Gasteiger partial charge in [-0.15, -0.1) is 0 Å². The molecule has 0 aromatic rings. The molecular weight excluding hydrogens is 538 g/mol. The number of fused-ring (bicyclic) bond motifs is 3. The van der Waals surface area contributed by atoms with E-state index >= 15 is 0 Å². The molecule has 0 unspecified atom stereocenters. The molecule has 7 heteroatoms. The summed E-state index contributed by atoms with van der Waals surface area (Å²) in [6, 6.07) is 0.326. The van der Waals surface area contributed by atoms with Gasteiger partial charge in [0.05, 0.1) is 16.7 Å². The molecule has 2 saturated carbocycles. The topological polar surface area (TPSA) is 71.4 Å². The monoisotopic (exact) mass is 595 g/mol. The van der Waals surface area contributed by atoms with Crippen LogP contribution in [0.4, 0.5) is 4.79 Å². The van der Waals surface area contributed by atoms with Crippen LogP contribution in [0.15, 0.2) is 16.6 Å². The summed E-state index contributed by atoms with van der Waals surface area (Å²) in [5, 5.41) is 0. The van der Waals surface area contributed by atoms with E-state index in [-0.39, 0.29) is 28.2 Å². The van der Waals surface area contributed by atoms with Crippen LogP contribution in [0.25, 0.3) is 0 Å². The van der Waals surface area contributed by atoms with Gasteiger partial charge >= 0.3 is 6.09 Å². The van der Waals surface area contributed by atoms with Crippen molar-refractivity contribution in [3.05, 3.63) is 11.6 Å². The van der Waals surface area contributed by atoms with E-state index in [0.717, 1.165) is 58.0 Å². The maximum absolute atomic E-state index is 12.7. The highest BCUT2D eigenvalue weighted by Crippen LogP contribution is 2.65. The maximum Gasteiger partial charge on any atom is 0.410 e. The molecule has 6 aliphatic rings. The Morgan fingerprint density at radius 3 is 2.65 bits per heavy atom. The van der Waals surface area contributed by atoms with Crippen molar-refractivity contribution < 1.29 is 19.1 Å². The van der Waals surface area contributed by atoms with Crippen molar-refractivity contribution in [3.8, 4) is 0 Å². The molecule has 0 bridgehead atoms. The van der Waals surface area contributed by atoms with Crippen molar-refractivity contribution in [1.82, 2.24) is 9.80 Å². The van der Waals surface area contributed by atoms with Gasteiger partial charge < -0.3 is 14.4 Å². The van der Waals surface area contributed by atoms with E-state index in [9.17, 15) is 9.59 Å². The van der Waals surface area contributed by atoms with Gasteiger partial charge in [0, 0.05) is 50.7 Å². The molecule has 0 radical (unpaired) electrons. The van der Waals surface area contributed by atoms with Crippen LogP contribution in [0.2, 0.25) is 0 Å². The number of carbonyl (C=O) groups is 2. The quantitative estimate of drug-likeness (QED) is 0.352. The molecule has 0 N–H and O–H groups in total. The predicted octanol–water partition coefficient (Wildman–Crippen LogP) is 6.98. The van der Waals surface area contributed by atoms with Crippen molar-refractivity contribution in [2.45, 2.75) is 147 Å². The summed E-state index contributed by atoms with van der Waals surface area (Å²) in [5.74, 6) is 1.83. The highest BCUT2D eigenvalue weighted by atomic mass is 16.6. The SMILES string of the molecule is CC1=N[C@@]23CCC4=CC(=O)CC[C@]4(C)[C@H]2CC[C@H]3CC[C@@]2(C1)O[C@]1(C)CCCN(CCN(C)C(=O)OC(C)(C)C)[C@H]1[C@H]2C. The van der Waals surface area contributed by atoms with Crippen molar-refractivity contribution in [2.24, 2.45) is 28.2 Å². The predicted molar refractivity (Wildman–Crippen MR) is 170 cm³/mol. The highest BCUT2D eigenvalue weighted by Gasteiger charge is 2.64. The van der Waals surface area contributed by atoms with Crippen LogP contribution in [-0.4, -0.2) is 82.5 Å². The Labute approximate surface area is 260 Å². The van der Waals surface area contributed by atoms with Crippen LogP contribution in [0.3, 0.4) is 0 Å². The molecule has 3 aliphatic heterocycles. The molecule has 2 saturated heterocycles. The zero-order valence-electron chi connectivity index (χ0n) is 28.3. The Morgan fingerprint density at radius 2 is 1.91 bits per heavy atom. The van der Waals surface area contributed by atoms with Gasteiger partial charge in [-0.1, -0.05) is 19.4 Å². The molecule has 2 spiro atoms. The first-order valence-corrected chi connectivity index (χ1v) is 17.3. The number of ether oxygens (including phenoxy) is 2. The molecule has 43 heavy (non-hydrogen) atoms. The zero-order valence-corrected chi connectivity index (χ0v) is 28.3. The Kier molecular flexibility index (Phi) is 7.76. The van der Waals surface area contributed by atoms with E-state index in [1.807, 2.05) is 33.9 Å². The smallest absolute Gasteiger partial charge is 0.410 e. The van der Waals surface area contributed by atoms with Crippen molar-refractivity contribution in [3.63, 3.8) is 0 Å². The summed E-state index contributed by atoms with van der Waals surface area (Å²) < 4.78 is 13.0. The number of nitrogens with zero attached hydrogens (tertiary/aromatic N) is 3. The summed E-state index contributed by atoms with van der Waals surface area (Å²) in [7, 11) is 1.85. The molecule has 3 aliphatic carbocycles. The van der Waals surface area contributed by atoms with Gasteiger partial charge in [0.15, 0.2) is 5.78 Å². The number of hydrogen-bond donors (Lipinski definition) is 0. The van der Waals surface area contributed by atoms with Crippen LogP contribution >= 0.6 is 0 Å². The average Bonchev–Trinajstić information content (AvgIpc) is 3.37. The number of allylic oxidation sites excluding steroid dienone is 2. The van der Waals surface area contributed by atoms with Crippen LogP contribution in [0.5, 0.6) is 0 Å². The largest absolute Gasteiger partial charge is 0.444 e. The van der Waals surface area contributed by atoms with Crippen molar-refractivity contribution >= 4 is 17.6 Å². The van der Waals surface area contributed by atoms with Crippen LogP contribution in [-0.2, 0) is 14.3 Å². The first kappa shape index (κ1) is 31.3. The molecule has 4 fully saturated rings. The lowest BCUT2D eigenvalue weighted by molar-refractivity contribution is -0.129. The fourth-order valence-electron chi connectivity index (χ4n) is 11.0. The number of piperidine rings is 1. The standard InChI is InChI=1S/C36H57N3O4/c1-24-23-35(17-12-26-10-11-29-33(6)16-14-28(40)22-27(33)13-18-36(26,29)37-24)25(2)30-34(7,43-35)15-9-19-39(30)21-20-38(8)31(41)42-32(3,4)5/h22,25-26,29-30H,9-21,23H2,1-8H3/t25-,26+,29-,30+,33+,34-,35+,36-/m1/s1. The first-order chi connectivity index (χ1) is 20.1. The lowest BCUT2D eigenvalue weighted by atomic mass is 9.53. The second-order valence-corrected chi connectivity index (χ2v) is 16.7. The minimum absolute atomic E-state index is 0.0228. The van der Waals surface area contributed by atoms with Crippen LogP contribution in [0.1, 0.15) is 119 Å². The lowest BCUT2D eigenvalue weighted by Crippen LogP contribution is -2.56. The molecule has 1 amide bonds. The molecule has 3 heterocycles. The number of likely N-dealkylation sites (tertiary alicyclic amines) is 1. The number of ketones is 1. The Bertz CT molecular complexity index is 1210. The maximum atomic E-state index is 12.7. The van der Waals surface area contributed by atoms with Gasteiger partial charge in [-0.3, -0.25) is 14.7 Å². The number of likely N-dealkylation sites (N-methyl/N-ethyl adjacent to an activating group) is 1. The summed E-state index contributed by atoms with van der Waals surface area (Å²) >= 11 is 0. The number of amides is 1. The first-order valence-electron chi connectivity index (χ1n) is 17.3. The number of hydrogen-bond acceptors (Lipinski definition) is 6. The third-order valence-corrected chi connectivity index (χ3v) is 12.8. The molecule has 0 aromatic carbocycles. The molecule has 8 atom stereocenters. The lowest BCUT2D eigenvalue weighted by Gasteiger charge is -2.54. The van der Waals surface area contributed by atoms with Crippen LogP contribution < -0.4 is 0 Å². The van der Waals surface area contributed by atoms with Crippen molar-refractivity contribution in [1.29, 1.82) is 0 Å². The van der Waals surface area contributed by atoms with E-state index < -0.39 is 5.60 Å². The van der Waals surface area contributed by atoms with E-state index in [2.05, 4.69) is 32.6 Å². The summed E-state index contributed by atoms with van der Waals surface area (Å²) in [6.45, 7) is 17.8. The fourth-order valence-corrected chi connectivity index (χ4v) is 11.0. The zero-order chi connectivity index (χ0) is 31.0. The molecule has 240 valence electrons. The van der Waals surface area contributed by atoms with Crippen LogP contribution in [0, 0.1) is 23.2 Å². The average molecular weight is 596 g/mol. The second-order valence-electron chi connectivity index (χ2n) is 16.7. The fraction of sp³-hybridized carbons (Fsp3) is 0.861. The Balaban J connectivity index is 1.22. The number of carbonyl (C=O) groups excluding carboxylic acids is 2. The van der Waals surface area contributed by atoms with E-state index in [1.165, 1.54) is 30.5 Å². The highest BCUT2D eigenvalue weighted by molar-refractivity contribution is 5.91. The summed E-state index contributed by atoms with van der Waals surface area (Å²) in [4.78, 5) is 35.1.